The summed E-state index contributed by atoms with van der Waals surface area (Å²) in [5.41, 5.74) is 0. The molecule has 0 aromatic heterocycles. The van der Waals surface area contributed by atoms with Crippen LogP contribution < -0.4 is 0 Å². The second-order valence-corrected chi connectivity index (χ2v) is 3.87. The van der Waals surface area contributed by atoms with E-state index in [0.717, 1.165) is 6.42 Å². The largest absolute Gasteiger partial charge is 0.466 e. The molecule has 0 aliphatic heterocycles. The summed E-state index contributed by atoms with van der Waals surface area (Å²) in [6.07, 6.45) is 3.22. The quantitative estimate of drug-likeness (QED) is 0.379. The minimum atomic E-state index is -1.31. The van der Waals surface area contributed by atoms with E-state index in [1.54, 1.807) is 0 Å². The Morgan fingerprint density at radius 2 is 1.79 bits per heavy atom. The lowest BCUT2D eigenvalue weighted by Crippen LogP contribution is -2.46. The summed E-state index contributed by atoms with van der Waals surface area (Å²) < 4.78 is 20.3. The minimum Gasteiger partial charge on any atom is -0.466 e. The molecule has 1 unspecified atom stereocenters. The lowest BCUT2D eigenvalue weighted by molar-refractivity contribution is -0.237. The molecular weight excluding hydrogens is 252 g/mol. The number of methoxy groups -OCH3 is 3. The standard InChI is InChI=1S/C13H22O6/c1-6-7-11(19-10(2)14)13(17-4,18-5)9-8-12(15)16-3/h8-9,11H,6-7H2,1-5H3/b9-8-. The van der Waals surface area contributed by atoms with Crippen molar-refractivity contribution in [3.8, 4) is 0 Å². The molecule has 0 rings (SSSR count). The molecule has 0 radical (unpaired) electrons. The Morgan fingerprint density at radius 3 is 2.16 bits per heavy atom. The van der Waals surface area contributed by atoms with Gasteiger partial charge in [-0.25, -0.2) is 4.79 Å². The number of ether oxygens (including phenoxy) is 4. The van der Waals surface area contributed by atoms with Crippen LogP contribution in [-0.4, -0.2) is 45.2 Å². The van der Waals surface area contributed by atoms with E-state index in [4.69, 9.17) is 14.2 Å². The third-order valence-electron chi connectivity index (χ3n) is 2.60. The molecule has 0 saturated carbocycles. The van der Waals surface area contributed by atoms with Crippen molar-refractivity contribution in [1.29, 1.82) is 0 Å². The second-order valence-electron chi connectivity index (χ2n) is 3.87. The fourth-order valence-electron chi connectivity index (χ4n) is 1.65. The zero-order chi connectivity index (χ0) is 14.9. The predicted octanol–water partition coefficient (Wildman–Crippen LogP) is 1.44. The van der Waals surface area contributed by atoms with Gasteiger partial charge in [-0.15, -0.1) is 0 Å². The molecular formula is C13H22O6. The molecule has 0 heterocycles. The van der Waals surface area contributed by atoms with Gasteiger partial charge in [-0.2, -0.15) is 0 Å². The number of hydrogen-bond donors (Lipinski definition) is 0. The highest BCUT2D eigenvalue weighted by atomic mass is 16.7. The molecule has 0 aromatic rings. The van der Waals surface area contributed by atoms with E-state index in [0.29, 0.717) is 6.42 Å². The third kappa shape index (κ3) is 5.40. The highest BCUT2D eigenvalue weighted by molar-refractivity contribution is 5.81. The average molecular weight is 274 g/mol. The van der Waals surface area contributed by atoms with Gasteiger partial charge in [0.1, 0.15) is 0 Å². The van der Waals surface area contributed by atoms with E-state index in [1.807, 2.05) is 6.92 Å². The Balaban J connectivity index is 5.23. The fraction of sp³-hybridized carbons (Fsp3) is 0.692. The van der Waals surface area contributed by atoms with Gasteiger partial charge in [-0.05, 0) is 12.5 Å². The maximum absolute atomic E-state index is 11.2. The van der Waals surface area contributed by atoms with Gasteiger partial charge >= 0.3 is 11.9 Å². The number of hydrogen-bond acceptors (Lipinski definition) is 6. The summed E-state index contributed by atoms with van der Waals surface area (Å²) in [6, 6.07) is 0. The molecule has 110 valence electrons. The first-order valence-corrected chi connectivity index (χ1v) is 6.00. The average Bonchev–Trinajstić information content (AvgIpc) is 2.39. The first-order chi connectivity index (χ1) is 8.95. The van der Waals surface area contributed by atoms with Crippen molar-refractivity contribution >= 4 is 11.9 Å². The Kier molecular flexibility index (Phi) is 8.02. The van der Waals surface area contributed by atoms with Crippen molar-refractivity contribution in [2.45, 2.75) is 38.6 Å². The molecule has 0 aliphatic carbocycles. The maximum Gasteiger partial charge on any atom is 0.330 e. The van der Waals surface area contributed by atoms with Crippen molar-refractivity contribution < 1.29 is 28.5 Å². The summed E-state index contributed by atoms with van der Waals surface area (Å²) in [5, 5.41) is 0. The number of carbonyl (C=O) groups excluding carboxylic acids is 2. The van der Waals surface area contributed by atoms with Crippen LogP contribution in [0.1, 0.15) is 26.7 Å². The van der Waals surface area contributed by atoms with Gasteiger partial charge in [0.25, 0.3) is 0 Å². The molecule has 1 atom stereocenters. The predicted molar refractivity (Wildman–Crippen MR) is 68.4 cm³/mol. The summed E-state index contributed by atoms with van der Waals surface area (Å²) in [4.78, 5) is 22.3. The Morgan fingerprint density at radius 1 is 1.21 bits per heavy atom. The zero-order valence-electron chi connectivity index (χ0n) is 12.1. The highest BCUT2D eigenvalue weighted by Gasteiger charge is 2.39. The topological polar surface area (TPSA) is 71.1 Å². The lowest BCUT2D eigenvalue weighted by Gasteiger charge is -2.34. The van der Waals surface area contributed by atoms with Crippen LogP contribution in [-0.2, 0) is 28.5 Å². The van der Waals surface area contributed by atoms with Crippen LogP contribution in [0.15, 0.2) is 12.2 Å². The van der Waals surface area contributed by atoms with Crippen LogP contribution in [0.25, 0.3) is 0 Å². The number of carbonyl (C=O) groups is 2. The van der Waals surface area contributed by atoms with Gasteiger partial charge in [-0.1, -0.05) is 13.3 Å². The van der Waals surface area contributed by atoms with E-state index in [9.17, 15) is 9.59 Å². The van der Waals surface area contributed by atoms with Crippen LogP contribution in [0.2, 0.25) is 0 Å². The van der Waals surface area contributed by atoms with Gasteiger partial charge in [0, 0.05) is 27.2 Å². The molecule has 19 heavy (non-hydrogen) atoms. The summed E-state index contributed by atoms with van der Waals surface area (Å²) in [5.74, 6) is -2.30. The third-order valence-corrected chi connectivity index (χ3v) is 2.60. The van der Waals surface area contributed by atoms with Crippen LogP contribution in [0.3, 0.4) is 0 Å². The minimum absolute atomic E-state index is 0.441. The molecule has 0 fully saturated rings. The normalized spacial score (nSPS) is 13.3. The van der Waals surface area contributed by atoms with Gasteiger partial charge in [0.15, 0.2) is 6.10 Å². The maximum atomic E-state index is 11.2. The summed E-state index contributed by atoms with van der Waals surface area (Å²) in [6.45, 7) is 3.25. The Labute approximate surface area is 113 Å². The molecule has 0 aliphatic rings. The second kappa shape index (κ2) is 8.66. The Hall–Kier alpha value is -1.40. The van der Waals surface area contributed by atoms with Crippen molar-refractivity contribution in [1.82, 2.24) is 0 Å². The van der Waals surface area contributed by atoms with Crippen LogP contribution in [0.4, 0.5) is 0 Å². The molecule has 0 saturated heterocycles. The summed E-state index contributed by atoms with van der Waals surface area (Å²) in [7, 11) is 4.10. The van der Waals surface area contributed by atoms with Gasteiger partial charge in [0.2, 0.25) is 5.79 Å². The van der Waals surface area contributed by atoms with Gasteiger partial charge in [-0.3, -0.25) is 4.79 Å². The van der Waals surface area contributed by atoms with Crippen molar-refractivity contribution in [3.05, 3.63) is 12.2 Å². The Bertz CT molecular complexity index is 319. The van der Waals surface area contributed by atoms with E-state index >= 15 is 0 Å². The van der Waals surface area contributed by atoms with E-state index in [2.05, 4.69) is 4.74 Å². The lowest BCUT2D eigenvalue weighted by atomic mass is 10.0. The molecule has 0 spiro atoms. The zero-order valence-corrected chi connectivity index (χ0v) is 12.1. The summed E-state index contributed by atoms with van der Waals surface area (Å²) >= 11 is 0. The molecule has 0 aromatic carbocycles. The fourth-order valence-corrected chi connectivity index (χ4v) is 1.65. The van der Waals surface area contributed by atoms with Gasteiger partial charge in [0.05, 0.1) is 7.11 Å². The van der Waals surface area contributed by atoms with E-state index < -0.39 is 23.8 Å². The monoisotopic (exact) mass is 274 g/mol. The first kappa shape index (κ1) is 17.6. The molecule has 0 N–H and O–H groups in total. The first-order valence-electron chi connectivity index (χ1n) is 6.00. The molecule has 0 bridgehead atoms. The van der Waals surface area contributed by atoms with Gasteiger partial charge < -0.3 is 18.9 Å². The highest BCUT2D eigenvalue weighted by Crippen LogP contribution is 2.25. The number of esters is 2. The smallest absolute Gasteiger partial charge is 0.330 e. The van der Waals surface area contributed by atoms with Crippen LogP contribution >= 0.6 is 0 Å². The van der Waals surface area contributed by atoms with E-state index in [-0.39, 0.29) is 0 Å². The van der Waals surface area contributed by atoms with E-state index in [1.165, 1.54) is 40.4 Å². The SMILES string of the molecule is CCCC(OC(C)=O)C(/C=C\C(=O)OC)(OC)OC. The van der Waals surface area contributed by atoms with Crippen LogP contribution in [0, 0.1) is 0 Å². The molecule has 6 nitrogen and oxygen atoms in total. The van der Waals surface area contributed by atoms with Crippen molar-refractivity contribution in [2.24, 2.45) is 0 Å². The molecule has 6 heteroatoms. The van der Waals surface area contributed by atoms with Crippen LogP contribution in [0.5, 0.6) is 0 Å². The molecule has 0 amide bonds. The van der Waals surface area contributed by atoms with Crippen molar-refractivity contribution in [3.63, 3.8) is 0 Å². The number of rotatable bonds is 8. The van der Waals surface area contributed by atoms with Crippen molar-refractivity contribution in [2.75, 3.05) is 21.3 Å².